The molecule has 0 radical (unpaired) electrons. The lowest BCUT2D eigenvalue weighted by Gasteiger charge is -1.89. The molecule has 1 aromatic rings. The van der Waals surface area contributed by atoms with Crippen LogP contribution in [0.2, 0.25) is 0 Å². The summed E-state index contributed by atoms with van der Waals surface area (Å²) < 4.78 is 1.86. The van der Waals surface area contributed by atoms with E-state index in [2.05, 4.69) is 0 Å². The van der Waals surface area contributed by atoms with Gasteiger partial charge >= 0.3 is 0 Å². The molecule has 0 aliphatic carbocycles. The maximum absolute atomic E-state index is 5.48. The Balaban J connectivity index is 0.000000640. The average molecular weight is 126 g/mol. The molecule has 0 saturated carbocycles. The quantitative estimate of drug-likeness (QED) is 0.494. The zero-order chi connectivity index (χ0) is 5.98. The summed E-state index contributed by atoms with van der Waals surface area (Å²) in [6.07, 6.45) is 1.91. The molecule has 0 atom stereocenters. The van der Waals surface area contributed by atoms with Gasteiger partial charge in [0.05, 0.1) is 13.2 Å². The van der Waals surface area contributed by atoms with E-state index in [9.17, 15) is 0 Å². The smallest absolute Gasteiger partial charge is 0.271 e. The molecule has 1 rings (SSSR count). The molecule has 1 heterocycles. The van der Waals surface area contributed by atoms with Gasteiger partial charge in [0, 0.05) is 6.07 Å². The van der Waals surface area contributed by atoms with E-state index in [-0.39, 0.29) is 5.48 Å². The van der Waals surface area contributed by atoms with Gasteiger partial charge in [0.25, 0.3) is 5.82 Å². The van der Waals surface area contributed by atoms with Crippen molar-refractivity contribution in [1.29, 1.82) is 0 Å². The summed E-state index contributed by atoms with van der Waals surface area (Å²) in [5, 5.41) is 0. The Hall–Kier alpha value is -1.09. The molecule has 0 fully saturated rings. The van der Waals surface area contributed by atoms with Gasteiger partial charge in [-0.1, -0.05) is 6.07 Å². The number of nitrogens with zero attached hydrogens (tertiary/aromatic N) is 1. The molecule has 0 aromatic carbocycles. The monoisotopic (exact) mass is 126 g/mol. The summed E-state index contributed by atoms with van der Waals surface area (Å²) in [7, 11) is 1.91. The summed E-state index contributed by atoms with van der Waals surface area (Å²) in [5.74, 6) is 0.785. The third-order valence-corrected chi connectivity index (χ3v) is 1.10. The van der Waals surface area contributed by atoms with Crippen LogP contribution in [0.3, 0.4) is 0 Å². The van der Waals surface area contributed by atoms with Gasteiger partial charge in [-0.3, -0.25) is 5.73 Å². The van der Waals surface area contributed by atoms with Gasteiger partial charge in [-0.25, -0.2) is 4.57 Å². The fourth-order valence-corrected chi connectivity index (χ4v) is 0.537. The lowest BCUT2D eigenvalue weighted by molar-refractivity contribution is -0.656. The van der Waals surface area contributed by atoms with Crippen LogP contribution in [0.5, 0.6) is 0 Å². The molecule has 0 unspecified atom stereocenters. The van der Waals surface area contributed by atoms with Crippen molar-refractivity contribution in [2.45, 2.75) is 0 Å². The van der Waals surface area contributed by atoms with Gasteiger partial charge in [0.1, 0.15) is 0 Å². The number of hydrogen-bond acceptors (Lipinski definition) is 2. The number of aromatic nitrogens is 1. The van der Waals surface area contributed by atoms with Crippen LogP contribution in [0.25, 0.3) is 0 Å². The lowest BCUT2D eigenvalue weighted by Crippen LogP contribution is -2.30. The molecule has 50 valence electrons. The van der Waals surface area contributed by atoms with Crippen molar-refractivity contribution in [3.8, 4) is 0 Å². The second kappa shape index (κ2) is 3.04. The lowest BCUT2D eigenvalue weighted by atomic mass is 10.5. The normalized spacial score (nSPS) is 8.11. The van der Waals surface area contributed by atoms with Gasteiger partial charge < -0.3 is 5.48 Å². The molecule has 3 nitrogen and oxygen atoms in total. The van der Waals surface area contributed by atoms with Crippen LogP contribution < -0.4 is 10.3 Å². The largest absolute Gasteiger partial charge is 0.870 e. The number of nitrogens with two attached hydrogens (primary N) is 1. The van der Waals surface area contributed by atoms with Crippen molar-refractivity contribution in [2.75, 3.05) is 5.73 Å². The van der Waals surface area contributed by atoms with E-state index in [0.717, 1.165) is 5.82 Å². The highest BCUT2D eigenvalue weighted by Crippen LogP contribution is 1.86. The molecular weight excluding hydrogens is 116 g/mol. The van der Waals surface area contributed by atoms with E-state index >= 15 is 0 Å². The molecule has 0 spiro atoms. The number of rotatable bonds is 0. The minimum Gasteiger partial charge on any atom is -0.870 e. The second-order valence-electron chi connectivity index (χ2n) is 1.74. The first-order valence-electron chi connectivity index (χ1n) is 2.51. The van der Waals surface area contributed by atoms with Crippen molar-refractivity contribution in [2.24, 2.45) is 7.05 Å². The summed E-state index contributed by atoms with van der Waals surface area (Å²) in [5.41, 5.74) is 5.48. The zero-order valence-corrected chi connectivity index (χ0v) is 5.28. The Bertz CT molecular complexity index is 167. The Kier molecular flexibility index (Phi) is 2.67. The molecule has 0 amide bonds. The third-order valence-electron chi connectivity index (χ3n) is 1.10. The SMILES string of the molecule is C[n+]1ccccc1N.[OH-]. The van der Waals surface area contributed by atoms with E-state index in [1.165, 1.54) is 0 Å². The first-order valence-corrected chi connectivity index (χ1v) is 2.51. The van der Waals surface area contributed by atoms with E-state index < -0.39 is 0 Å². The van der Waals surface area contributed by atoms with Crippen molar-refractivity contribution in [1.82, 2.24) is 0 Å². The average Bonchev–Trinajstić information content (AvgIpc) is 1.77. The number of pyridine rings is 1. The number of hydrogen-bond donors (Lipinski definition) is 1. The Morgan fingerprint density at radius 1 is 1.44 bits per heavy atom. The molecule has 1 aromatic heterocycles. The molecule has 0 bridgehead atoms. The first kappa shape index (κ1) is 7.91. The van der Waals surface area contributed by atoms with Crippen LogP contribution in [0.4, 0.5) is 5.82 Å². The summed E-state index contributed by atoms with van der Waals surface area (Å²) in [6, 6.07) is 5.71. The number of nitrogen functional groups attached to an aromatic ring is 1. The Morgan fingerprint density at radius 3 is 2.44 bits per heavy atom. The van der Waals surface area contributed by atoms with Crippen LogP contribution in [0.15, 0.2) is 24.4 Å². The maximum atomic E-state index is 5.48. The van der Waals surface area contributed by atoms with Crippen LogP contribution >= 0.6 is 0 Å². The van der Waals surface area contributed by atoms with Gasteiger partial charge in [0.2, 0.25) is 0 Å². The van der Waals surface area contributed by atoms with Crippen molar-refractivity contribution in [3.63, 3.8) is 0 Å². The molecule has 0 saturated heterocycles. The molecule has 0 aliphatic heterocycles. The van der Waals surface area contributed by atoms with Crippen LogP contribution in [-0.4, -0.2) is 5.48 Å². The highest BCUT2D eigenvalue weighted by atomic mass is 16.0. The topological polar surface area (TPSA) is 59.9 Å². The zero-order valence-electron chi connectivity index (χ0n) is 5.28. The first-order chi connectivity index (χ1) is 3.80. The fourth-order valence-electron chi connectivity index (χ4n) is 0.537. The number of aryl methyl sites for hydroxylation is 1. The molecular formula is C6H10N2O. The number of anilines is 1. The van der Waals surface area contributed by atoms with Gasteiger partial charge in [-0.2, -0.15) is 0 Å². The highest BCUT2D eigenvalue weighted by molar-refractivity contribution is 5.18. The molecule has 9 heavy (non-hydrogen) atoms. The van der Waals surface area contributed by atoms with Crippen LogP contribution in [-0.2, 0) is 7.05 Å². The van der Waals surface area contributed by atoms with Gasteiger partial charge in [-0.05, 0) is 6.07 Å². The van der Waals surface area contributed by atoms with E-state index in [1.54, 1.807) is 0 Å². The van der Waals surface area contributed by atoms with Crippen molar-refractivity contribution < 1.29 is 10.0 Å². The van der Waals surface area contributed by atoms with E-state index in [1.807, 2.05) is 36.0 Å². The molecule has 0 aliphatic rings. The predicted molar refractivity (Wildman–Crippen MR) is 34.0 cm³/mol. The van der Waals surface area contributed by atoms with Crippen molar-refractivity contribution in [3.05, 3.63) is 24.4 Å². The van der Waals surface area contributed by atoms with Crippen LogP contribution in [0, 0.1) is 0 Å². The van der Waals surface area contributed by atoms with E-state index in [4.69, 9.17) is 5.73 Å². The standard InChI is InChI=1S/C6H8N2.H2O/c1-8-5-3-2-4-6(8)7;/h2-5,7H,1H3;1H2. The second-order valence-corrected chi connectivity index (χ2v) is 1.74. The van der Waals surface area contributed by atoms with Gasteiger partial charge in [0.15, 0.2) is 0 Å². The summed E-state index contributed by atoms with van der Waals surface area (Å²) >= 11 is 0. The predicted octanol–water partition coefficient (Wildman–Crippen LogP) is -0.0835. The Morgan fingerprint density at radius 2 is 2.11 bits per heavy atom. The highest BCUT2D eigenvalue weighted by Gasteiger charge is 1.90. The minimum atomic E-state index is 0. The minimum absolute atomic E-state index is 0. The van der Waals surface area contributed by atoms with Crippen molar-refractivity contribution >= 4 is 5.82 Å². The Labute approximate surface area is 54.0 Å². The van der Waals surface area contributed by atoms with Crippen LogP contribution in [0.1, 0.15) is 0 Å². The fraction of sp³-hybridized carbons (Fsp3) is 0.167. The third kappa shape index (κ3) is 1.70. The van der Waals surface area contributed by atoms with E-state index in [0.29, 0.717) is 0 Å². The summed E-state index contributed by atoms with van der Waals surface area (Å²) in [6.45, 7) is 0. The molecule has 3 N–H and O–H groups in total. The van der Waals surface area contributed by atoms with Gasteiger partial charge in [-0.15, -0.1) is 0 Å². The summed E-state index contributed by atoms with van der Waals surface area (Å²) in [4.78, 5) is 0. The molecule has 3 heteroatoms. The maximum Gasteiger partial charge on any atom is 0.271 e.